The van der Waals surface area contributed by atoms with Crippen LogP contribution in [0.2, 0.25) is 0 Å². The molecule has 7 nitrogen and oxygen atoms in total. The number of pyridine rings is 1. The van der Waals surface area contributed by atoms with Gasteiger partial charge in [-0.1, -0.05) is 0 Å². The van der Waals surface area contributed by atoms with E-state index in [4.69, 9.17) is 5.26 Å². The number of hydrogen-bond acceptors (Lipinski definition) is 6. The first kappa shape index (κ1) is 14.9. The number of aliphatic hydroxyl groups is 1. The van der Waals surface area contributed by atoms with Crippen molar-refractivity contribution in [2.45, 2.75) is 38.8 Å². The average Bonchev–Trinajstić information content (AvgIpc) is 2.26. The number of hydrogen-bond donors (Lipinski definition) is 2. The minimum Gasteiger partial charge on any atom is -0.388 e. The largest absolute Gasteiger partial charge is 0.388 e. The fourth-order valence-electron chi connectivity index (χ4n) is 1.22. The topological polar surface area (TPSA) is 112 Å². The molecule has 0 saturated carbocycles. The lowest BCUT2D eigenvalue weighted by molar-refractivity contribution is -0.385. The molecule has 0 spiro atoms. The Kier molecular flexibility index (Phi) is 3.77. The van der Waals surface area contributed by atoms with Gasteiger partial charge in [0, 0.05) is 6.07 Å². The maximum Gasteiger partial charge on any atom is 0.305 e. The van der Waals surface area contributed by atoms with Crippen LogP contribution in [0.5, 0.6) is 0 Å². The number of nitrogens with zero attached hydrogens (tertiary/aromatic N) is 3. The molecule has 0 atom stereocenters. The molecule has 7 heteroatoms. The van der Waals surface area contributed by atoms with E-state index in [9.17, 15) is 15.2 Å². The van der Waals surface area contributed by atoms with Crippen molar-refractivity contribution in [2.24, 2.45) is 0 Å². The first-order valence-corrected chi connectivity index (χ1v) is 5.64. The van der Waals surface area contributed by atoms with Gasteiger partial charge in [0.05, 0.1) is 16.1 Å². The molecule has 102 valence electrons. The van der Waals surface area contributed by atoms with E-state index in [1.165, 1.54) is 12.1 Å². The van der Waals surface area contributed by atoms with Crippen molar-refractivity contribution in [1.82, 2.24) is 4.98 Å². The quantitative estimate of drug-likeness (QED) is 0.633. The fraction of sp³-hybridized carbons (Fsp3) is 0.500. The van der Waals surface area contributed by atoms with Gasteiger partial charge in [-0.25, -0.2) is 4.98 Å². The molecule has 0 amide bonds. The number of aromatic nitrogens is 1. The second-order valence-electron chi connectivity index (χ2n) is 5.24. The average molecular weight is 264 g/mol. The number of nitriles is 1. The van der Waals surface area contributed by atoms with E-state index >= 15 is 0 Å². The van der Waals surface area contributed by atoms with Crippen LogP contribution in [0.3, 0.4) is 0 Å². The molecule has 1 heterocycles. The van der Waals surface area contributed by atoms with E-state index in [0.29, 0.717) is 5.82 Å². The van der Waals surface area contributed by atoms with Crippen molar-refractivity contribution in [2.75, 3.05) is 5.32 Å². The lowest BCUT2D eigenvalue weighted by atomic mass is 9.86. The van der Waals surface area contributed by atoms with Crippen molar-refractivity contribution in [3.8, 4) is 6.07 Å². The smallest absolute Gasteiger partial charge is 0.305 e. The van der Waals surface area contributed by atoms with Crippen LogP contribution >= 0.6 is 0 Å². The van der Waals surface area contributed by atoms with E-state index in [2.05, 4.69) is 10.3 Å². The molecule has 0 radical (unpaired) electrons. The lowest BCUT2D eigenvalue weighted by Gasteiger charge is -2.38. The predicted octanol–water partition coefficient (Wildman–Crippen LogP) is 1.82. The second kappa shape index (κ2) is 4.82. The highest BCUT2D eigenvalue weighted by atomic mass is 16.6. The molecule has 0 unspecified atom stereocenters. The number of rotatable bonds is 4. The van der Waals surface area contributed by atoms with Crippen LogP contribution in [-0.2, 0) is 0 Å². The Morgan fingerprint density at radius 2 is 2.00 bits per heavy atom. The highest BCUT2D eigenvalue weighted by Gasteiger charge is 2.35. The number of nitrogens with one attached hydrogen (secondary N) is 1. The van der Waals surface area contributed by atoms with Gasteiger partial charge >= 0.3 is 5.69 Å². The van der Waals surface area contributed by atoms with Crippen LogP contribution < -0.4 is 5.32 Å². The van der Waals surface area contributed by atoms with Crippen molar-refractivity contribution in [3.63, 3.8) is 0 Å². The van der Waals surface area contributed by atoms with Crippen LogP contribution in [0, 0.1) is 21.4 Å². The maximum absolute atomic E-state index is 10.7. The molecule has 0 aliphatic rings. The molecular weight excluding hydrogens is 248 g/mol. The summed E-state index contributed by atoms with van der Waals surface area (Å²) in [4.78, 5) is 13.9. The third kappa shape index (κ3) is 3.17. The molecule has 0 aromatic carbocycles. The zero-order chi connectivity index (χ0) is 14.8. The SMILES string of the molecule is CC(C)(O)C(C)(C)Nc1ccc([N+](=O)[O-])c(C#N)n1. The van der Waals surface area contributed by atoms with E-state index in [1.54, 1.807) is 33.8 Å². The Morgan fingerprint density at radius 3 is 2.42 bits per heavy atom. The summed E-state index contributed by atoms with van der Waals surface area (Å²) < 4.78 is 0. The van der Waals surface area contributed by atoms with Crippen LogP contribution in [0.4, 0.5) is 11.5 Å². The molecule has 0 bridgehead atoms. The monoisotopic (exact) mass is 264 g/mol. The van der Waals surface area contributed by atoms with Crippen molar-refractivity contribution in [3.05, 3.63) is 27.9 Å². The summed E-state index contributed by atoms with van der Waals surface area (Å²) in [6, 6.07) is 4.31. The normalized spacial score (nSPS) is 11.8. The molecule has 2 N–H and O–H groups in total. The van der Waals surface area contributed by atoms with E-state index in [1.807, 2.05) is 0 Å². The molecule has 0 saturated heterocycles. The van der Waals surface area contributed by atoms with Gasteiger partial charge in [-0.05, 0) is 33.8 Å². The summed E-state index contributed by atoms with van der Waals surface area (Å²) in [5, 5.41) is 32.5. The van der Waals surface area contributed by atoms with E-state index < -0.39 is 16.1 Å². The molecule has 0 fully saturated rings. The first-order chi connectivity index (χ1) is 8.58. The van der Waals surface area contributed by atoms with Crippen LogP contribution in [0.25, 0.3) is 0 Å². The molecular formula is C12H16N4O3. The van der Waals surface area contributed by atoms with Crippen molar-refractivity contribution < 1.29 is 10.0 Å². The van der Waals surface area contributed by atoms with Gasteiger partial charge < -0.3 is 10.4 Å². The molecule has 1 aromatic heterocycles. The molecule has 0 aliphatic heterocycles. The van der Waals surface area contributed by atoms with Crippen LogP contribution in [0.15, 0.2) is 12.1 Å². The Hall–Kier alpha value is -2.20. The molecule has 0 aliphatic carbocycles. The number of nitro groups is 1. The predicted molar refractivity (Wildman–Crippen MR) is 69.6 cm³/mol. The second-order valence-corrected chi connectivity index (χ2v) is 5.24. The summed E-state index contributed by atoms with van der Waals surface area (Å²) in [5.41, 5.74) is -2.36. The zero-order valence-electron chi connectivity index (χ0n) is 11.3. The Balaban J connectivity index is 3.13. The highest BCUT2D eigenvalue weighted by molar-refractivity contribution is 5.51. The summed E-state index contributed by atoms with van der Waals surface area (Å²) in [5.74, 6) is 0.300. The standard InChI is InChI=1S/C12H16N4O3/c1-11(2,12(3,4)17)15-10-6-5-9(16(18)19)8(7-13)14-10/h5-6,17H,1-4H3,(H,14,15). The van der Waals surface area contributed by atoms with Gasteiger partial charge in [-0.3, -0.25) is 10.1 Å². The van der Waals surface area contributed by atoms with E-state index in [0.717, 1.165) is 0 Å². The van der Waals surface area contributed by atoms with Gasteiger partial charge in [-0.15, -0.1) is 0 Å². The summed E-state index contributed by atoms with van der Waals surface area (Å²) >= 11 is 0. The van der Waals surface area contributed by atoms with Gasteiger partial charge in [0.25, 0.3) is 0 Å². The maximum atomic E-state index is 10.7. The summed E-state index contributed by atoms with van der Waals surface area (Å²) in [6.45, 7) is 6.80. The lowest BCUT2D eigenvalue weighted by Crippen LogP contribution is -2.51. The minimum atomic E-state index is -1.04. The highest BCUT2D eigenvalue weighted by Crippen LogP contribution is 2.26. The third-order valence-electron chi connectivity index (χ3n) is 3.15. The van der Waals surface area contributed by atoms with Gasteiger partial charge in [0.1, 0.15) is 11.9 Å². The summed E-state index contributed by atoms with van der Waals surface area (Å²) in [6.07, 6.45) is 0. The Morgan fingerprint density at radius 1 is 1.42 bits per heavy atom. The van der Waals surface area contributed by atoms with Gasteiger partial charge in [0.15, 0.2) is 0 Å². The molecule has 1 aromatic rings. The third-order valence-corrected chi connectivity index (χ3v) is 3.15. The molecule has 1 rings (SSSR count). The minimum absolute atomic E-state index is 0.262. The first-order valence-electron chi connectivity index (χ1n) is 5.64. The van der Waals surface area contributed by atoms with Gasteiger partial charge in [0.2, 0.25) is 5.69 Å². The van der Waals surface area contributed by atoms with Crippen molar-refractivity contribution in [1.29, 1.82) is 5.26 Å². The van der Waals surface area contributed by atoms with Gasteiger partial charge in [-0.2, -0.15) is 5.26 Å². The fourth-order valence-corrected chi connectivity index (χ4v) is 1.22. The van der Waals surface area contributed by atoms with E-state index in [-0.39, 0.29) is 11.4 Å². The Labute approximate surface area is 111 Å². The van der Waals surface area contributed by atoms with Crippen LogP contribution in [-0.4, -0.2) is 26.2 Å². The molecule has 19 heavy (non-hydrogen) atoms. The Bertz CT molecular complexity index is 541. The zero-order valence-corrected chi connectivity index (χ0v) is 11.3. The number of anilines is 1. The van der Waals surface area contributed by atoms with Crippen molar-refractivity contribution >= 4 is 11.5 Å². The summed E-state index contributed by atoms with van der Waals surface area (Å²) in [7, 11) is 0. The van der Waals surface area contributed by atoms with Crippen LogP contribution in [0.1, 0.15) is 33.4 Å².